The molecule has 0 bridgehead atoms. The van der Waals surface area contributed by atoms with Gasteiger partial charge in [-0.2, -0.15) is 0 Å². The van der Waals surface area contributed by atoms with Crippen molar-refractivity contribution in [2.24, 2.45) is 0 Å². The van der Waals surface area contributed by atoms with Gasteiger partial charge in [0.2, 0.25) is 5.82 Å². The molecule has 2 aromatic rings. The molecular formula is C14H15N3O5. The molecule has 0 aliphatic rings. The van der Waals surface area contributed by atoms with Crippen molar-refractivity contribution < 1.29 is 19.6 Å². The smallest absolute Gasteiger partial charge is 0.340 e. The lowest BCUT2D eigenvalue weighted by Gasteiger charge is -2.21. The number of carbonyl (C=O) groups is 1. The van der Waals surface area contributed by atoms with Gasteiger partial charge in [0.25, 0.3) is 0 Å². The van der Waals surface area contributed by atoms with Crippen molar-refractivity contribution in [2.45, 2.75) is 19.3 Å². The summed E-state index contributed by atoms with van der Waals surface area (Å²) in [7, 11) is 0. The SMILES string of the molecule is CCOc1ccc([C@@](C)(C(=O)O)c2ncc([N+](=O)[O-])[nH]2)cc1. The zero-order valence-corrected chi connectivity index (χ0v) is 12.1. The highest BCUT2D eigenvalue weighted by Crippen LogP contribution is 2.32. The first-order valence-corrected chi connectivity index (χ1v) is 6.56. The van der Waals surface area contributed by atoms with Gasteiger partial charge in [0.1, 0.15) is 11.9 Å². The molecule has 2 rings (SSSR count). The fourth-order valence-electron chi connectivity index (χ4n) is 2.07. The number of hydrogen-bond donors (Lipinski definition) is 2. The van der Waals surface area contributed by atoms with E-state index in [0.717, 1.165) is 6.20 Å². The number of ether oxygens (including phenoxy) is 1. The van der Waals surface area contributed by atoms with Crippen molar-refractivity contribution in [3.63, 3.8) is 0 Å². The molecular weight excluding hydrogens is 290 g/mol. The first-order chi connectivity index (χ1) is 10.4. The first-order valence-electron chi connectivity index (χ1n) is 6.56. The van der Waals surface area contributed by atoms with E-state index in [1.165, 1.54) is 6.92 Å². The second-order valence-corrected chi connectivity index (χ2v) is 4.76. The van der Waals surface area contributed by atoms with E-state index in [9.17, 15) is 20.0 Å². The predicted octanol–water partition coefficient (Wildman–Crippen LogP) is 2.11. The fraction of sp³-hybridized carbons (Fsp3) is 0.286. The number of carboxylic acid groups (broad SMARTS) is 1. The molecule has 1 aromatic carbocycles. The van der Waals surface area contributed by atoms with Gasteiger partial charge in [-0.15, -0.1) is 0 Å². The third-order valence-electron chi connectivity index (χ3n) is 3.40. The Morgan fingerprint density at radius 1 is 1.45 bits per heavy atom. The molecule has 0 spiro atoms. The van der Waals surface area contributed by atoms with Crippen molar-refractivity contribution in [1.82, 2.24) is 9.97 Å². The number of aliphatic carboxylic acids is 1. The van der Waals surface area contributed by atoms with Gasteiger partial charge in [-0.05, 0) is 36.5 Å². The van der Waals surface area contributed by atoms with Crippen LogP contribution in [0.2, 0.25) is 0 Å². The van der Waals surface area contributed by atoms with Crippen molar-refractivity contribution in [3.8, 4) is 5.75 Å². The lowest BCUT2D eigenvalue weighted by atomic mass is 9.81. The summed E-state index contributed by atoms with van der Waals surface area (Å²) in [4.78, 5) is 28.1. The maximum Gasteiger partial charge on any atom is 0.340 e. The van der Waals surface area contributed by atoms with Crippen molar-refractivity contribution in [1.29, 1.82) is 0 Å². The summed E-state index contributed by atoms with van der Waals surface area (Å²) in [5.41, 5.74) is -1.09. The monoisotopic (exact) mass is 305 g/mol. The number of aromatic nitrogens is 2. The van der Waals surface area contributed by atoms with Gasteiger partial charge in [0, 0.05) is 0 Å². The van der Waals surface area contributed by atoms with E-state index >= 15 is 0 Å². The Balaban J connectivity index is 2.46. The number of H-pyrrole nitrogens is 1. The third-order valence-corrected chi connectivity index (χ3v) is 3.40. The zero-order valence-electron chi connectivity index (χ0n) is 12.1. The Bertz CT molecular complexity index is 695. The lowest BCUT2D eigenvalue weighted by Crippen LogP contribution is -2.35. The van der Waals surface area contributed by atoms with Crippen LogP contribution in [0.25, 0.3) is 0 Å². The minimum absolute atomic E-state index is 0.00383. The number of nitro groups is 1. The van der Waals surface area contributed by atoms with Crippen LogP contribution in [0.5, 0.6) is 5.75 Å². The van der Waals surface area contributed by atoms with E-state index in [1.54, 1.807) is 24.3 Å². The lowest BCUT2D eigenvalue weighted by molar-refractivity contribution is -0.389. The summed E-state index contributed by atoms with van der Waals surface area (Å²) >= 11 is 0. The Labute approximate surface area is 125 Å². The molecule has 116 valence electrons. The minimum atomic E-state index is -1.53. The van der Waals surface area contributed by atoms with Crippen LogP contribution in [0.4, 0.5) is 5.82 Å². The van der Waals surface area contributed by atoms with Crippen molar-refractivity contribution in [2.75, 3.05) is 6.61 Å². The number of rotatable bonds is 6. The number of nitrogens with zero attached hydrogens (tertiary/aromatic N) is 2. The number of aromatic amines is 1. The molecule has 22 heavy (non-hydrogen) atoms. The molecule has 0 saturated carbocycles. The maximum absolute atomic E-state index is 11.8. The van der Waals surface area contributed by atoms with Crippen LogP contribution in [-0.4, -0.2) is 32.6 Å². The number of hydrogen-bond acceptors (Lipinski definition) is 5. The summed E-state index contributed by atoms with van der Waals surface area (Å²) in [5, 5.41) is 20.3. The summed E-state index contributed by atoms with van der Waals surface area (Å²) < 4.78 is 5.32. The fourth-order valence-corrected chi connectivity index (χ4v) is 2.07. The molecule has 8 nitrogen and oxygen atoms in total. The largest absolute Gasteiger partial charge is 0.494 e. The van der Waals surface area contributed by atoms with Crippen LogP contribution in [0.15, 0.2) is 30.5 Å². The van der Waals surface area contributed by atoms with E-state index in [0.29, 0.717) is 17.9 Å². The van der Waals surface area contributed by atoms with Crippen molar-refractivity contribution >= 4 is 11.8 Å². The van der Waals surface area contributed by atoms with E-state index in [4.69, 9.17) is 4.74 Å². The van der Waals surface area contributed by atoms with Crippen LogP contribution >= 0.6 is 0 Å². The highest BCUT2D eigenvalue weighted by molar-refractivity contribution is 5.84. The molecule has 0 fully saturated rings. The summed E-state index contributed by atoms with van der Waals surface area (Å²) in [5.74, 6) is -0.908. The number of imidazole rings is 1. The van der Waals surface area contributed by atoms with Crippen LogP contribution in [0, 0.1) is 10.1 Å². The number of benzene rings is 1. The maximum atomic E-state index is 11.8. The quantitative estimate of drug-likeness (QED) is 0.623. The minimum Gasteiger partial charge on any atom is -0.494 e. The molecule has 0 amide bonds. The van der Waals surface area contributed by atoms with Crippen LogP contribution in [0.3, 0.4) is 0 Å². The number of nitrogens with one attached hydrogen (secondary N) is 1. The second kappa shape index (κ2) is 5.84. The highest BCUT2D eigenvalue weighted by atomic mass is 16.6. The highest BCUT2D eigenvalue weighted by Gasteiger charge is 2.43. The third kappa shape index (κ3) is 2.62. The van der Waals surface area contributed by atoms with Gasteiger partial charge < -0.3 is 20.0 Å². The molecule has 0 radical (unpaired) electrons. The Kier molecular flexibility index (Phi) is 4.11. The molecule has 2 N–H and O–H groups in total. The van der Waals surface area contributed by atoms with Crippen LogP contribution in [-0.2, 0) is 10.2 Å². The van der Waals surface area contributed by atoms with E-state index in [-0.39, 0.29) is 11.6 Å². The molecule has 0 aliphatic carbocycles. The average Bonchev–Trinajstić information content (AvgIpc) is 2.98. The number of carboxylic acids is 1. The topological polar surface area (TPSA) is 118 Å². The molecule has 1 heterocycles. The van der Waals surface area contributed by atoms with E-state index in [1.807, 2.05) is 6.92 Å². The second-order valence-electron chi connectivity index (χ2n) is 4.76. The average molecular weight is 305 g/mol. The zero-order chi connectivity index (χ0) is 16.3. The van der Waals surface area contributed by atoms with Gasteiger partial charge >= 0.3 is 11.8 Å². The Morgan fingerprint density at radius 3 is 2.55 bits per heavy atom. The van der Waals surface area contributed by atoms with Gasteiger partial charge in [-0.1, -0.05) is 12.1 Å². The van der Waals surface area contributed by atoms with E-state index < -0.39 is 16.3 Å². The van der Waals surface area contributed by atoms with Gasteiger partial charge in [0.15, 0.2) is 5.41 Å². The Morgan fingerprint density at radius 2 is 2.09 bits per heavy atom. The summed E-state index contributed by atoms with van der Waals surface area (Å²) in [6.07, 6.45) is 1.01. The van der Waals surface area contributed by atoms with Crippen LogP contribution < -0.4 is 4.74 Å². The standard InChI is InChI=1S/C14H15N3O5/c1-3-22-10-6-4-9(5-7-10)14(2,13(18)19)12-15-8-11(16-12)17(20)21/h4-8H,3H2,1-2H3,(H,15,16)(H,18,19)/t14-/m1/s1. The molecule has 0 unspecified atom stereocenters. The molecule has 0 saturated heterocycles. The van der Waals surface area contributed by atoms with Crippen molar-refractivity contribution in [3.05, 3.63) is 52.0 Å². The molecule has 1 atom stereocenters. The Hall–Kier alpha value is -2.90. The first kappa shape index (κ1) is 15.5. The van der Waals surface area contributed by atoms with Gasteiger partial charge in [-0.3, -0.25) is 4.79 Å². The molecule has 8 heteroatoms. The normalized spacial score (nSPS) is 13.4. The summed E-state index contributed by atoms with van der Waals surface area (Å²) in [6.45, 7) is 3.78. The van der Waals surface area contributed by atoms with E-state index in [2.05, 4.69) is 9.97 Å². The predicted molar refractivity (Wildman–Crippen MR) is 76.9 cm³/mol. The molecule has 1 aromatic heterocycles. The van der Waals surface area contributed by atoms with Gasteiger partial charge in [-0.25, -0.2) is 9.97 Å². The summed E-state index contributed by atoms with van der Waals surface area (Å²) in [6, 6.07) is 6.51. The molecule has 0 aliphatic heterocycles. The van der Waals surface area contributed by atoms with Crippen LogP contribution in [0.1, 0.15) is 25.2 Å². The van der Waals surface area contributed by atoms with Gasteiger partial charge in [0.05, 0.1) is 6.61 Å².